The van der Waals surface area contributed by atoms with E-state index < -0.39 is 18.0 Å². The van der Waals surface area contributed by atoms with Gasteiger partial charge in [-0.25, -0.2) is 4.79 Å². The molecule has 0 saturated carbocycles. The molecule has 3 atom stereocenters. The second-order valence-corrected chi connectivity index (χ2v) is 15.7. The number of allylic oxidation sites excluding steroid dienone is 2. The van der Waals surface area contributed by atoms with Crippen LogP contribution in [0.15, 0.2) is 188 Å². The summed E-state index contributed by atoms with van der Waals surface area (Å²) in [5.74, 6) is -1.16. The van der Waals surface area contributed by atoms with E-state index in [4.69, 9.17) is 14.2 Å². The molecule has 0 bridgehead atoms. The van der Waals surface area contributed by atoms with Crippen LogP contribution < -0.4 is 0 Å². The van der Waals surface area contributed by atoms with Gasteiger partial charge < -0.3 is 4.74 Å². The number of ether oxygens (including phenoxy) is 4. The molecule has 0 radical (unpaired) electrons. The topological polar surface area (TPSA) is 88.1 Å². The van der Waals surface area contributed by atoms with Crippen LogP contribution >= 0.6 is 11.8 Å². The smallest absolute Gasteiger partial charge is 0.337 e. The molecule has 9 heteroatoms. The van der Waals surface area contributed by atoms with Crippen molar-refractivity contribution in [3.8, 4) is 33.4 Å². The molecule has 62 heavy (non-hydrogen) atoms. The molecular weight excluding hydrogens is 832 g/mol. The number of thioether (sulfide) groups is 1. The maximum Gasteiger partial charge on any atom is 0.337 e. The average Bonchev–Trinajstić information content (AvgIpc) is 3.72. The minimum Gasteiger partial charge on any atom is -0.465 e. The minimum atomic E-state index is -0.511. The van der Waals surface area contributed by atoms with Crippen LogP contribution in [-0.4, -0.2) is 52.8 Å². The fourth-order valence-electron chi connectivity index (χ4n) is 6.34. The zero-order chi connectivity index (χ0) is 44.3. The first-order chi connectivity index (χ1) is 30.2. The molecule has 0 aliphatic carbocycles. The number of rotatable bonds is 13. The van der Waals surface area contributed by atoms with Gasteiger partial charge in [0.25, 0.3) is 0 Å². The molecule has 1 heterocycles. The number of methoxy groups -OCH3 is 1. The molecule has 6 aromatic carbocycles. The normalized spacial score (nSPS) is 15.3. The van der Waals surface area contributed by atoms with Crippen molar-refractivity contribution < 1.29 is 50.3 Å². The molecular formula is C53H50O7SV. The van der Waals surface area contributed by atoms with Crippen LogP contribution in [0.25, 0.3) is 33.4 Å². The summed E-state index contributed by atoms with van der Waals surface area (Å²) in [6, 6.07) is 52.1. The second-order valence-electron chi connectivity index (χ2n) is 13.7. The molecule has 315 valence electrons. The maximum atomic E-state index is 13.2. The molecule has 0 aromatic heterocycles. The third-order valence-corrected chi connectivity index (χ3v) is 11.7. The molecule has 1 saturated heterocycles. The van der Waals surface area contributed by atoms with Crippen LogP contribution in [0.4, 0.5) is 0 Å². The van der Waals surface area contributed by atoms with E-state index in [9.17, 15) is 14.4 Å². The van der Waals surface area contributed by atoms with Gasteiger partial charge in [-0.15, -0.1) is 0 Å². The van der Waals surface area contributed by atoms with Crippen molar-refractivity contribution in [2.45, 2.75) is 44.0 Å². The quantitative estimate of drug-likeness (QED) is 0.0644. The van der Waals surface area contributed by atoms with Crippen molar-refractivity contribution in [1.29, 1.82) is 0 Å². The number of carbonyl (C=O) groups excluding carboxylic acids is 3. The zero-order valence-electron chi connectivity index (χ0n) is 35.3. The molecule has 7 rings (SSSR count). The summed E-state index contributed by atoms with van der Waals surface area (Å²) in [6.07, 6.45) is 3.51. The molecule has 7 nitrogen and oxygen atoms in total. The van der Waals surface area contributed by atoms with E-state index in [0.717, 1.165) is 39.0 Å². The van der Waals surface area contributed by atoms with Crippen molar-refractivity contribution in [3.63, 3.8) is 0 Å². The van der Waals surface area contributed by atoms with E-state index in [1.165, 1.54) is 18.9 Å². The van der Waals surface area contributed by atoms with Gasteiger partial charge in [-0.1, -0.05) is 117 Å². The van der Waals surface area contributed by atoms with E-state index in [1.807, 2.05) is 154 Å². The number of hydrogen-bond acceptors (Lipinski definition) is 8. The summed E-state index contributed by atoms with van der Waals surface area (Å²) in [6.45, 7) is 9.76. The molecule has 0 N–H and O–H groups in total. The standard InChI is InChI=1S/C37H32O5S.C14H12O2.C2H6.V/c1-3-10-26(2)24-40-35-23-33(42-37(39)32-21-17-30(18-22-32)28-13-8-5-9-14-28)34(43-35)25-41-36(38)31-19-15-29(16-20-31)27-11-6-4-7-12-27;1-16-14(15)13-9-7-12(8-10-13)11-5-3-2-4-6-11;1-2;/h3-22,33-35H,1,23,25H2,2H3;2-10H,1H3;1-2H3;/b26-10+;;;/t33-,34+,35?;;;/m1.../s1. The van der Waals surface area contributed by atoms with E-state index >= 15 is 0 Å². The van der Waals surface area contributed by atoms with Gasteiger partial charge >= 0.3 is 212 Å². The van der Waals surface area contributed by atoms with E-state index in [1.54, 1.807) is 42.5 Å². The third-order valence-electron chi connectivity index (χ3n) is 9.62. The average molecular weight is 882 g/mol. The minimum absolute atomic E-state index is 0.0735. The Balaban J connectivity index is 0.000000336. The second kappa shape index (κ2) is 24.4. The summed E-state index contributed by atoms with van der Waals surface area (Å²) in [5, 5.41) is -0.302. The van der Waals surface area contributed by atoms with Crippen LogP contribution in [0.1, 0.15) is 58.3 Å². The van der Waals surface area contributed by atoms with Gasteiger partial charge in [0.05, 0.1) is 12.7 Å². The van der Waals surface area contributed by atoms with Gasteiger partial charge in [0, 0.05) is 0 Å². The Kier molecular flexibility index (Phi) is 18.5. The number of benzene rings is 6. The first-order valence-corrected chi connectivity index (χ1v) is 22.0. The summed E-state index contributed by atoms with van der Waals surface area (Å²) < 4.78 is 23.3. The first kappa shape index (κ1) is 47.0. The van der Waals surface area contributed by atoms with Crippen molar-refractivity contribution in [1.82, 2.24) is 0 Å². The Bertz CT molecular complexity index is 2400. The van der Waals surface area contributed by atoms with E-state index in [2.05, 4.69) is 28.3 Å². The van der Waals surface area contributed by atoms with Crippen LogP contribution in [0.5, 0.6) is 0 Å². The van der Waals surface area contributed by atoms with Crippen LogP contribution in [0, 0.1) is 0 Å². The van der Waals surface area contributed by atoms with Crippen molar-refractivity contribution in [2.24, 2.45) is 0 Å². The van der Waals surface area contributed by atoms with E-state index in [-0.39, 0.29) is 23.3 Å². The van der Waals surface area contributed by atoms with Gasteiger partial charge in [0.15, 0.2) is 0 Å². The maximum absolute atomic E-state index is 13.2. The van der Waals surface area contributed by atoms with Gasteiger partial charge in [0.2, 0.25) is 0 Å². The van der Waals surface area contributed by atoms with Gasteiger partial charge in [-0.05, 0) is 28.8 Å². The Morgan fingerprint density at radius 1 is 0.597 bits per heavy atom. The summed E-state index contributed by atoms with van der Waals surface area (Å²) in [7, 11) is 1.38. The van der Waals surface area contributed by atoms with Crippen LogP contribution in [0.2, 0.25) is 0 Å². The number of carbonyl (C=O) groups is 3. The predicted molar refractivity (Wildman–Crippen MR) is 248 cm³/mol. The summed E-state index contributed by atoms with van der Waals surface area (Å²) >= 11 is 3.93. The van der Waals surface area contributed by atoms with Crippen molar-refractivity contribution in [3.05, 3.63) is 205 Å². The SMILES string of the molecule is C=C/C=C(\C)[C](=[V])OC1C[C@@H](OC(=O)c2ccc(-c3ccccc3)cc2)[C@H](COC(=O)c2ccc(-c3ccccc3)cc2)S1.CC.COC(=O)c1ccc(-c2ccccc2)cc1. The molecule has 1 unspecified atom stereocenters. The van der Waals surface area contributed by atoms with Gasteiger partial charge in [-0.3, -0.25) is 0 Å². The van der Waals surface area contributed by atoms with Crippen LogP contribution in [0.3, 0.4) is 0 Å². The molecule has 6 aromatic rings. The Labute approximate surface area is 378 Å². The molecule has 1 aliphatic heterocycles. The monoisotopic (exact) mass is 881 g/mol. The molecule has 1 aliphatic rings. The summed E-state index contributed by atoms with van der Waals surface area (Å²) in [5.41, 5.74) is 8.54. The number of hydrogen-bond donors (Lipinski definition) is 0. The molecule has 1 fully saturated rings. The van der Waals surface area contributed by atoms with Crippen LogP contribution in [-0.2, 0) is 35.9 Å². The van der Waals surface area contributed by atoms with E-state index in [0.29, 0.717) is 27.5 Å². The number of esters is 3. The fraction of sp³-hybridized carbons (Fsp3) is 0.170. The third kappa shape index (κ3) is 13.5. The zero-order valence-corrected chi connectivity index (χ0v) is 37.5. The van der Waals surface area contributed by atoms with Crippen molar-refractivity contribution in [2.75, 3.05) is 13.7 Å². The molecule has 0 amide bonds. The fourth-order valence-corrected chi connectivity index (χ4v) is 8.10. The first-order valence-electron chi connectivity index (χ1n) is 20.3. The Morgan fingerprint density at radius 3 is 1.39 bits per heavy atom. The van der Waals surface area contributed by atoms with Gasteiger partial charge in [-0.2, -0.15) is 0 Å². The van der Waals surface area contributed by atoms with Gasteiger partial charge in [0.1, 0.15) is 0 Å². The summed E-state index contributed by atoms with van der Waals surface area (Å²) in [4.78, 5) is 37.4. The predicted octanol–water partition coefficient (Wildman–Crippen LogP) is 12.2. The van der Waals surface area contributed by atoms with Crippen molar-refractivity contribution >= 4 is 34.1 Å². The Morgan fingerprint density at radius 2 is 0.984 bits per heavy atom. The Hall–Kier alpha value is -6.03. The molecule has 0 spiro atoms. The largest absolute Gasteiger partial charge is 0.465 e.